The molecule has 2 aromatic heterocycles. The standard InChI is InChI=1S/C33H47N5O8S/c1-7-12-22-19-37(9-3)31-30(22)34-32(35-33(31)41)26-18-25(13-14-27(26)46-15-8-2)47(42,43)38-20-23(16-28(39)44-10-4)36(6)24(21-38)17-29(40)45-11-5/h13-14,18-19,23-24H,7-12,15-17,20-21H2,1-6H3,(H,34,35,41)/t23-,24+. The van der Waals surface area contributed by atoms with Crippen molar-refractivity contribution in [3.8, 4) is 17.1 Å². The van der Waals surface area contributed by atoms with E-state index in [4.69, 9.17) is 19.2 Å². The number of H-pyrrole nitrogens is 1. The SMILES string of the molecule is CCCOc1ccc(S(=O)(=O)N2C[C@@H](CC(=O)OCC)N(C)[C@@H](CC(=O)OCC)C2)cc1-c1nc2c(CCC)cn(CC)c2c(=O)[nH]1. The highest BCUT2D eigenvalue weighted by atomic mass is 32.2. The van der Waals surface area contributed by atoms with Crippen LogP contribution in [0.15, 0.2) is 34.1 Å². The van der Waals surface area contributed by atoms with E-state index in [1.807, 2.05) is 29.5 Å². The Morgan fingerprint density at radius 1 is 0.979 bits per heavy atom. The predicted octanol–water partition coefficient (Wildman–Crippen LogP) is 3.73. The third-order valence-corrected chi connectivity index (χ3v) is 10.2. The Labute approximate surface area is 276 Å². The number of aryl methyl sites for hydroxylation is 2. The number of rotatable bonds is 15. The molecule has 1 fully saturated rings. The molecular formula is C33H47N5O8S. The summed E-state index contributed by atoms with van der Waals surface area (Å²) in [7, 11) is -2.39. The van der Waals surface area contributed by atoms with Crippen molar-refractivity contribution in [2.75, 3.05) is 40.0 Å². The molecule has 47 heavy (non-hydrogen) atoms. The van der Waals surface area contributed by atoms with Crippen LogP contribution in [0.1, 0.15) is 65.9 Å². The zero-order chi connectivity index (χ0) is 34.3. The van der Waals surface area contributed by atoms with Gasteiger partial charge in [-0.1, -0.05) is 20.3 Å². The van der Waals surface area contributed by atoms with Gasteiger partial charge in [-0.05, 0) is 64.4 Å². The minimum atomic E-state index is -4.16. The van der Waals surface area contributed by atoms with Gasteiger partial charge >= 0.3 is 11.9 Å². The molecule has 4 rings (SSSR count). The molecule has 0 unspecified atom stereocenters. The number of hydrogen-bond acceptors (Lipinski definition) is 10. The Bertz CT molecular complexity index is 1700. The Hall–Kier alpha value is -3.75. The second kappa shape index (κ2) is 15.9. The number of aromatic amines is 1. The summed E-state index contributed by atoms with van der Waals surface area (Å²) < 4.78 is 48.1. The molecule has 1 aliphatic rings. The van der Waals surface area contributed by atoms with E-state index in [0.717, 1.165) is 18.4 Å². The predicted molar refractivity (Wildman–Crippen MR) is 178 cm³/mol. The number of benzene rings is 1. The highest BCUT2D eigenvalue weighted by Gasteiger charge is 2.40. The number of hydrogen-bond donors (Lipinski definition) is 1. The van der Waals surface area contributed by atoms with Crippen LogP contribution in [-0.2, 0) is 42.1 Å². The minimum absolute atomic E-state index is 0.00630. The average Bonchev–Trinajstić information content (AvgIpc) is 3.40. The molecule has 258 valence electrons. The zero-order valence-electron chi connectivity index (χ0n) is 28.2. The van der Waals surface area contributed by atoms with Crippen LogP contribution in [-0.4, -0.2) is 96.1 Å². The van der Waals surface area contributed by atoms with Crippen LogP contribution in [0.5, 0.6) is 5.75 Å². The molecule has 2 atom stereocenters. The van der Waals surface area contributed by atoms with Gasteiger partial charge in [0, 0.05) is 37.9 Å². The molecule has 0 aliphatic carbocycles. The molecule has 0 spiro atoms. The highest BCUT2D eigenvalue weighted by molar-refractivity contribution is 7.89. The van der Waals surface area contributed by atoms with Crippen LogP contribution < -0.4 is 10.3 Å². The van der Waals surface area contributed by atoms with E-state index in [9.17, 15) is 22.8 Å². The van der Waals surface area contributed by atoms with Crippen molar-refractivity contribution >= 4 is 33.0 Å². The van der Waals surface area contributed by atoms with Gasteiger partial charge in [0.15, 0.2) is 0 Å². The molecule has 1 aromatic carbocycles. The molecule has 3 heterocycles. The number of nitrogens with one attached hydrogen (secondary N) is 1. The Kier molecular flexibility index (Phi) is 12.2. The van der Waals surface area contributed by atoms with E-state index in [-0.39, 0.29) is 55.4 Å². The lowest BCUT2D eigenvalue weighted by Crippen LogP contribution is -2.59. The van der Waals surface area contributed by atoms with Gasteiger partial charge in [-0.15, -0.1) is 0 Å². The molecule has 0 radical (unpaired) electrons. The van der Waals surface area contributed by atoms with Gasteiger partial charge in [0.25, 0.3) is 5.56 Å². The van der Waals surface area contributed by atoms with Crippen LogP contribution >= 0.6 is 0 Å². The van der Waals surface area contributed by atoms with Gasteiger partial charge in [-0.25, -0.2) is 13.4 Å². The van der Waals surface area contributed by atoms with Crippen LogP contribution in [0.4, 0.5) is 0 Å². The van der Waals surface area contributed by atoms with Crippen molar-refractivity contribution in [3.63, 3.8) is 0 Å². The minimum Gasteiger partial charge on any atom is -0.493 e. The summed E-state index contributed by atoms with van der Waals surface area (Å²) in [6.45, 7) is 10.8. The van der Waals surface area contributed by atoms with E-state index >= 15 is 0 Å². The van der Waals surface area contributed by atoms with Crippen molar-refractivity contribution in [3.05, 3.63) is 40.3 Å². The summed E-state index contributed by atoms with van der Waals surface area (Å²) in [6.07, 6.45) is 4.16. The number of fused-ring (bicyclic) bond motifs is 1. The molecular weight excluding hydrogens is 626 g/mol. The highest BCUT2D eigenvalue weighted by Crippen LogP contribution is 2.34. The largest absolute Gasteiger partial charge is 0.493 e. The molecule has 1 aliphatic heterocycles. The van der Waals surface area contributed by atoms with Gasteiger partial charge in [-0.2, -0.15) is 4.31 Å². The van der Waals surface area contributed by atoms with E-state index in [1.165, 1.54) is 16.4 Å². The Balaban J connectivity index is 1.80. The van der Waals surface area contributed by atoms with Gasteiger partial charge in [0.05, 0.1) is 48.6 Å². The summed E-state index contributed by atoms with van der Waals surface area (Å²) in [5.41, 5.74) is 1.99. The molecule has 1 N–H and O–H groups in total. The first-order valence-electron chi connectivity index (χ1n) is 16.4. The quantitative estimate of drug-likeness (QED) is 0.236. The van der Waals surface area contributed by atoms with Crippen LogP contribution in [0.2, 0.25) is 0 Å². The maximum atomic E-state index is 14.3. The third kappa shape index (κ3) is 8.04. The fourth-order valence-corrected chi connectivity index (χ4v) is 7.52. The van der Waals surface area contributed by atoms with E-state index < -0.39 is 34.0 Å². The summed E-state index contributed by atoms with van der Waals surface area (Å²) in [5, 5.41) is 0. The monoisotopic (exact) mass is 673 g/mol. The van der Waals surface area contributed by atoms with Crippen molar-refractivity contribution in [2.45, 2.75) is 90.2 Å². The number of aromatic nitrogens is 3. The maximum absolute atomic E-state index is 14.3. The maximum Gasteiger partial charge on any atom is 0.307 e. The molecule has 13 nitrogen and oxygen atoms in total. The summed E-state index contributed by atoms with van der Waals surface area (Å²) in [4.78, 5) is 48.0. The first kappa shape index (κ1) is 36.1. The van der Waals surface area contributed by atoms with Crippen LogP contribution in [0, 0.1) is 0 Å². The molecule has 0 bridgehead atoms. The van der Waals surface area contributed by atoms with E-state index in [1.54, 1.807) is 27.0 Å². The lowest BCUT2D eigenvalue weighted by molar-refractivity contribution is -0.146. The van der Waals surface area contributed by atoms with Gasteiger partial charge < -0.3 is 23.8 Å². The van der Waals surface area contributed by atoms with Crippen molar-refractivity contribution in [1.29, 1.82) is 0 Å². The molecule has 14 heteroatoms. The number of nitrogens with zero attached hydrogens (tertiary/aromatic N) is 4. The van der Waals surface area contributed by atoms with Crippen LogP contribution in [0.3, 0.4) is 0 Å². The second-order valence-corrected chi connectivity index (χ2v) is 13.6. The topological polar surface area (TPSA) is 153 Å². The number of piperazine rings is 1. The summed E-state index contributed by atoms with van der Waals surface area (Å²) in [6, 6.07) is 3.44. The molecule has 0 saturated carbocycles. The van der Waals surface area contributed by atoms with Gasteiger partial charge in [0.2, 0.25) is 10.0 Å². The number of ether oxygens (including phenoxy) is 3. The lowest BCUT2D eigenvalue weighted by Gasteiger charge is -2.43. The number of carbonyl (C=O) groups is 2. The Morgan fingerprint density at radius 2 is 1.62 bits per heavy atom. The molecule has 0 amide bonds. The number of likely N-dealkylation sites (N-methyl/N-ethyl adjacent to an activating group) is 1. The first-order valence-corrected chi connectivity index (χ1v) is 17.8. The number of sulfonamides is 1. The van der Waals surface area contributed by atoms with Crippen molar-refractivity contribution < 1.29 is 32.2 Å². The fourth-order valence-electron chi connectivity index (χ4n) is 5.98. The zero-order valence-corrected chi connectivity index (χ0v) is 29.0. The van der Waals surface area contributed by atoms with Gasteiger partial charge in [0.1, 0.15) is 17.1 Å². The second-order valence-electron chi connectivity index (χ2n) is 11.6. The smallest absolute Gasteiger partial charge is 0.307 e. The summed E-state index contributed by atoms with van der Waals surface area (Å²) >= 11 is 0. The average molecular weight is 674 g/mol. The lowest BCUT2D eigenvalue weighted by atomic mass is 10.0. The molecule has 3 aromatic rings. The van der Waals surface area contributed by atoms with Gasteiger partial charge in [-0.3, -0.25) is 19.3 Å². The normalized spacial score (nSPS) is 17.6. The Morgan fingerprint density at radius 3 is 2.17 bits per heavy atom. The first-order chi connectivity index (χ1) is 22.5. The number of carbonyl (C=O) groups excluding carboxylic acids is 2. The van der Waals surface area contributed by atoms with Crippen molar-refractivity contribution in [2.24, 2.45) is 0 Å². The van der Waals surface area contributed by atoms with E-state index in [0.29, 0.717) is 41.9 Å². The third-order valence-electron chi connectivity index (χ3n) is 8.36. The summed E-state index contributed by atoms with van der Waals surface area (Å²) in [5.74, 6) is -0.319. The van der Waals surface area contributed by atoms with Crippen LogP contribution in [0.25, 0.3) is 22.4 Å². The van der Waals surface area contributed by atoms with E-state index in [2.05, 4.69) is 11.9 Å². The fraction of sp³-hybridized carbons (Fsp3) is 0.576. The van der Waals surface area contributed by atoms with Crippen molar-refractivity contribution in [1.82, 2.24) is 23.7 Å². The number of esters is 2. The molecule has 1 saturated heterocycles.